The van der Waals surface area contributed by atoms with Gasteiger partial charge in [0.25, 0.3) is 0 Å². The number of hydrogen-bond acceptors (Lipinski definition) is 3. The Kier molecular flexibility index (Phi) is 3.77. The fourth-order valence-electron chi connectivity index (χ4n) is 2.53. The molecule has 0 saturated heterocycles. The largest absolute Gasteiger partial charge is 0.491 e. The number of nitrogen functional groups attached to an aromatic ring is 1. The summed E-state index contributed by atoms with van der Waals surface area (Å²) >= 11 is 0. The molecule has 0 saturated carbocycles. The van der Waals surface area contributed by atoms with E-state index in [-0.39, 0.29) is 5.91 Å². The number of nitrogens with two attached hydrogens (primary N) is 1. The summed E-state index contributed by atoms with van der Waals surface area (Å²) in [5.74, 6) is 0.746. The summed E-state index contributed by atoms with van der Waals surface area (Å²) in [7, 11) is 0. The zero-order valence-corrected chi connectivity index (χ0v) is 11.8. The smallest absolute Gasteiger partial charge is 0.226 e. The van der Waals surface area contributed by atoms with Crippen LogP contribution in [0.1, 0.15) is 17.5 Å². The number of hydrogen-bond donors (Lipinski definition) is 1. The highest BCUT2D eigenvalue weighted by molar-refractivity contribution is 5.77. The van der Waals surface area contributed by atoms with Gasteiger partial charge in [0, 0.05) is 13.1 Å². The number of fused-ring (bicyclic) bond motifs is 1. The van der Waals surface area contributed by atoms with Crippen molar-refractivity contribution in [3.63, 3.8) is 0 Å². The number of para-hydroxylation sites is 2. The molecule has 4 nitrogen and oxygen atoms in total. The minimum absolute atomic E-state index is 0.112. The van der Waals surface area contributed by atoms with Crippen molar-refractivity contribution in [3.05, 3.63) is 59.7 Å². The third-order valence-electron chi connectivity index (χ3n) is 3.69. The van der Waals surface area contributed by atoms with Crippen LogP contribution in [0.4, 0.5) is 5.69 Å². The summed E-state index contributed by atoms with van der Waals surface area (Å²) in [6, 6.07) is 15.5. The van der Waals surface area contributed by atoms with Crippen LogP contribution in [-0.2, 0) is 17.9 Å². The third kappa shape index (κ3) is 2.99. The van der Waals surface area contributed by atoms with Crippen molar-refractivity contribution in [2.24, 2.45) is 0 Å². The Balaban J connectivity index is 1.51. The zero-order chi connectivity index (χ0) is 14.7. The lowest BCUT2D eigenvalue weighted by Crippen LogP contribution is -2.26. The quantitative estimate of drug-likeness (QED) is 0.877. The van der Waals surface area contributed by atoms with Crippen molar-refractivity contribution in [2.75, 3.05) is 12.3 Å². The lowest BCUT2D eigenvalue weighted by atomic mass is 10.1. The van der Waals surface area contributed by atoms with Gasteiger partial charge in [-0.15, -0.1) is 0 Å². The van der Waals surface area contributed by atoms with E-state index in [9.17, 15) is 4.79 Å². The lowest BCUT2D eigenvalue weighted by Gasteiger charge is -2.16. The number of anilines is 1. The van der Waals surface area contributed by atoms with E-state index in [1.807, 2.05) is 35.2 Å². The molecule has 0 unspecified atom stereocenters. The molecule has 0 fully saturated rings. The van der Waals surface area contributed by atoms with Gasteiger partial charge in [-0.2, -0.15) is 0 Å². The van der Waals surface area contributed by atoms with Gasteiger partial charge in [-0.05, 0) is 23.3 Å². The topological polar surface area (TPSA) is 55.6 Å². The first-order chi connectivity index (χ1) is 10.2. The van der Waals surface area contributed by atoms with Crippen molar-refractivity contribution in [1.29, 1.82) is 0 Å². The Morgan fingerprint density at radius 2 is 1.67 bits per heavy atom. The first kappa shape index (κ1) is 13.5. The van der Waals surface area contributed by atoms with Crippen molar-refractivity contribution in [1.82, 2.24) is 4.90 Å². The van der Waals surface area contributed by atoms with Gasteiger partial charge < -0.3 is 15.4 Å². The Morgan fingerprint density at radius 1 is 1.05 bits per heavy atom. The predicted molar refractivity (Wildman–Crippen MR) is 81.7 cm³/mol. The molecule has 1 aliphatic heterocycles. The highest BCUT2D eigenvalue weighted by Gasteiger charge is 2.22. The van der Waals surface area contributed by atoms with Gasteiger partial charge >= 0.3 is 0 Å². The van der Waals surface area contributed by atoms with Gasteiger partial charge in [0.2, 0.25) is 5.91 Å². The monoisotopic (exact) mass is 282 g/mol. The molecular formula is C17H18N2O2. The number of carbonyl (C=O) groups excluding carboxylic acids is 1. The van der Waals surface area contributed by atoms with Crippen LogP contribution in [0.25, 0.3) is 0 Å². The summed E-state index contributed by atoms with van der Waals surface area (Å²) in [4.78, 5) is 14.1. The number of rotatable bonds is 4. The van der Waals surface area contributed by atoms with Gasteiger partial charge in [-0.3, -0.25) is 4.79 Å². The predicted octanol–water partition coefficient (Wildman–Crippen LogP) is 2.58. The normalized spacial score (nSPS) is 13.0. The third-order valence-corrected chi connectivity index (χ3v) is 3.69. The first-order valence-corrected chi connectivity index (χ1v) is 7.06. The van der Waals surface area contributed by atoms with Crippen LogP contribution < -0.4 is 10.5 Å². The Morgan fingerprint density at radius 3 is 2.33 bits per heavy atom. The summed E-state index contributed by atoms with van der Waals surface area (Å²) in [6.07, 6.45) is 0.363. The van der Waals surface area contributed by atoms with Gasteiger partial charge in [0.15, 0.2) is 0 Å². The molecule has 0 aromatic heterocycles. The van der Waals surface area contributed by atoms with Crippen LogP contribution in [0.15, 0.2) is 48.5 Å². The van der Waals surface area contributed by atoms with E-state index in [0.717, 1.165) is 0 Å². The fourth-order valence-corrected chi connectivity index (χ4v) is 2.53. The Hall–Kier alpha value is -2.49. The molecule has 2 aromatic rings. The highest BCUT2D eigenvalue weighted by atomic mass is 16.5. The van der Waals surface area contributed by atoms with Crippen LogP contribution in [0.2, 0.25) is 0 Å². The average molecular weight is 282 g/mol. The van der Waals surface area contributed by atoms with Crippen molar-refractivity contribution in [3.8, 4) is 5.75 Å². The molecule has 1 amide bonds. The molecule has 0 radical (unpaired) electrons. The van der Waals surface area contributed by atoms with Gasteiger partial charge in [-0.1, -0.05) is 36.4 Å². The van der Waals surface area contributed by atoms with Crippen molar-refractivity contribution >= 4 is 11.6 Å². The molecular weight excluding hydrogens is 264 g/mol. The molecule has 1 aliphatic rings. The van der Waals surface area contributed by atoms with Crippen molar-refractivity contribution in [2.45, 2.75) is 19.5 Å². The summed E-state index contributed by atoms with van der Waals surface area (Å²) in [5.41, 5.74) is 8.86. The molecule has 4 heteroatoms. The maximum Gasteiger partial charge on any atom is 0.226 e. The maximum atomic E-state index is 12.2. The van der Waals surface area contributed by atoms with Crippen LogP contribution in [-0.4, -0.2) is 17.4 Å². The van der Waals surface area contributed by atoms with Gasteiger partial charge in [-0.25, -0.2) is 0 Å². The highest BCUT2D eigenvalue weighted by Crippen LogP contribution is 2.23. The van der Waals surface area contributed by atoms with Gasteiger partial charge in [0.1, 0.15) is 5.75 Å². The van der Waals surface area contributed by atoms with Crippen molar-refractivity contribution < 1.29 is 9.53 Å². The van der Waals surface area contributed by atoms with Crippen LogP contribution in [0, 0.1) is 0 Å². The minimum atomic E-state index is 0.112. The maximum absolute atomic E-state index is 12.2. The van der Waals surface area contributed by atoms with E-state index in [1.54, 1.807) is 6.07 Å². The molecule has 3 rings (SSSR count). The molecule has 0 bridgehead atoms. The first-order valence-electron chi connectivity index (χ1n) is 7.06. The van der Waals surface area contributed by atoms with E-state index in [2.05, 4.69) is 12.1 Å². The summed E-state index contributed by atoms with van der Waals surface area (Å²) in [5, 5.41) is 0. The number of amides is 1. The summed E-state index contributed by atoms with van der Waals surface area (Å²) in [6.45, 7) is 1.74. The Labute approximate surface area is 124 Å². The molecule has 108 valence electrons. The number of benzene rings is 2. The molecule has 2 N–H and O–H groups in total. The number of nitrogens with zero attached hydrogens (tertiary/aromatic N) is 1. The van der Waals surface area contributed by atoms with Crippen LogP contribution in [0.3, 0.4) is 0 Å². The van der Waals surface area contributed by atoms with E-state index < -0.39 is 0 Å². The van der Waals surface area contributed by atoms with E-state index >= 15 is 0 Å². The van der Waals surface area contributed by atoms with E-state index in [1.165, 1.54) is 11.1 Å². The Bertz CT molecular complexity index is 630. The second kappa shape index (κ2) is 5.87. The van der Waals surface area contributed by atoms with Gasteiger partial charge in [0.05, 0.1) is 18.7 Å². The molecule has 2 aromatic carbocycles. The fraction of sp³-hybridized carbons (Fsp3) is 0.235. The van der Waals surface area contributed by atoms with E-state index in [0.29, 0.717) is 37.6 Å². The second-order valence-corrected chi connectivity index (χ2v) is 5.15. The zero-order valence-electron chi connectivity index (χ0n) is 11.8. The second-order valence-electron chi connectivity index (χ2n) is 5.15. The number of ether oxygens (including phenoxy) is 1. The summed E-state index contributed by atoms with van der Waals surface area (Å²) < 4.78 is 5.57. The standard InChI is InChI=1S/C17H18N2O2/c18-15-7-3-4-8-16(15)21-10-9-17(20)19-11-13-5-1-2-6-14(13)12-19/h1-8H,9-12,18H2. The van der Waals surface area contributed by atoms with E-state index in [4.69, 9.17) is 10.5 Å². The number of carbonyl (C=O) groups is 1. The molecule has 0 spiro atoms. The average Bonchev–Trinajstić information content (AvgIpc) is 2.93. The lowest BCUT2D eigenvalue weighted by molar-refractivity contribution is -0.132. The van der Waals surface area contributed by atoms with Crippen LogP contribution >= 0.6 is 0 Å². The SMILES string of the molecule is Nc1ccccc1OCCC(=O)N1Cc2ccccc2C1. The molecule has 0 aliphatic carbocycles. The van der Waals surface area contributed by atoms with Crippen LogP contribution in [0.5, 0.6) is 5.75 Å². The molecule has 21 heavy (non-hydrogen) atoms. The molecule has 0 atom stereocenters. The minimum Gasteiger partial charge on any atom is -0.491 e. The molecule has 1 heterocycles.